The minimum atomic E-state index is -0.0500. The molecule has 258 valence electrons. The van der Waals surface area contributed by atoms with Crippen molar-refractivity contribution in [2.75, 3.05) is 0 Å². The Balaban J connectivity index is 1.19. The topological polar surface area (TPSA) is 25.8 Å². The molecule has 1 heterocycles. The molecule has 1 aromatic heterocycles. The van der Waals surface area contributed by atoms with E-state index in [1.165, 1.54) is 88.3 Å². The quantitative estimate of drug-likeness (QED) is 0.172. The summed E-state index contributed by atoms with van der Waals surface area (Å²) in [5, 5.41) is 4.81. The Labute approximate surface area is 316 Å². The van der Waals surface area contributed by atoms with Crippen molar-refractivity contribution in [3.05, 3.63) is 174 Å². The summed E-state index contributed by atoms with van der Waals surface area (Å²) in [5.41, 5.74) is 20.0. The molecule has 0 radical (unpaired) electrons. The highest BCUT2D eigenvalue weighted by molar-refractivity contribution is 6.22. The van der Waals surface area contributed by atoms with Gasteiger partial charge in [0.15, 0.2) is 0 Å². The second-order valence-corrected chi connectivity index (χ2v) is 16.4. The predicted octanol–water partition coefficient (Wildman–Crippen LogP) is 13.6. The van der Waals surface area contributed by atoms with E-state index in [2.05, 4.69) is 149 Å². The van der Waals surface area contributed by atoms with Gasteiger partial charge in [0, 0.05) is 16.4 Å². The van der Waals surface area contributed by atoms with E-state index in [1.807, 2.05) is 24.4 Å². The summed E-state index contributed by atoms with van der Waals surface area (Å²) < 4.78 is 0. The lowest BCUT2D eigenvalue weighted by Crippen LogP contribution is -2.16. The maximum atomic E-state index is 5.23. The minimum absolute atomic E-state index is 0.0216. The average molecular weight is 693 g/mol. The maximum absolute atomic E-state index is 5.23. The van der Waals surface area contributed by atoms with Crippen molar-refractivity contribution in [2.24, 2.45) is 0 Å². The fourth-order valence-electron chi connectivity index (χ4n) is 10.1. The molecule has 0 fully saturated rings. The Morgan fingerprint density at radius 2 is 1.19 bits per heavy atom. The van der Waals surface area contributed by atoms with Gasteiger partial charge >= 0.3 is 0 Å². The van der Waals surface area contributed by atoms with Gasteiger partial charge in [-0.1, -0.05) is 137 Å². The molecule has 3 aliphatic carbocycles. The number of hydrogen-bond donors (Lipinski definition) is 0. The highest BCUT2D eigenvalue weighted by atomic mass is 14.8. The third-order valence-corrected chi connectivity index (χ3v) is 12.8. The Morgan fingerprint density at radius 1 is 0.500 bits per heavy atom. The molecule has 0 N–H and O–H groups in total. The highest BCUT2D eigenvalue weighted by Crippen LogP contribution is 2.53. The summed E-state index contributed by atoms with van der Waals surface area (Å²) in [4.78, 5) is 10.1. The summed E-state index contributed by atoms with van der Waals surface area (Å²) in [6.45, 7) is 9.49. The molecule has 0 saturated carbocycles. The largest absolute Gasteiger partial charge is 0.252 e. The van der Waals surface area contributed by atoms with E-state index in [0.717, 1.165) is 35.1 Å². The molecule has 0 saturated heterocycles. The summed E-state index contributed by atoms with van der Waals surface area (Å²) in [5.74, 6) is 0. The monoisotopic (exact) mass is 692 g/mol. The van der Waals surface area contributed by atoms with Crippen LogP contribution in [0.5, 0.6) is 0 Å². The Kier molecular flexibility index (Phi) is 6.51. The molecule has 0 bridgehead atoms. The zero-order valence-corrected chi connectivity index (χ0v) is 31.2. The Bertz CT molecular complexity index is 2990. The summed E-state index contributed by atoms with van der Waals surface area (Å²) in [7, 11) is 0. The molecule has 0 atom stereocenters. The fraction of sp³-hybridized carbons (Fsp3) is 0.154. The summed E-state index contributed by atoms with van der Waals surface area (Å²) in [6, 6.07) is 47.5. The molecule has 8 aromatic rings. The van der Waals surface area contributed by atoms with E-state index in [-0.39, 0.29) is 10.8 Å². The molecule has 2 nitrogen and oxygen atoms in total. The maximum Gasteiger partial charge on any atom is 0.0905 e. The first-order valence-corrected chi connectivity index (χ1v) is 19.3. The van der Waals surface area contributed by atoms with E-state index in [0.29, 0.717) is 0 Å². The number of hydrogen-bond acceptors (Lipinski definition) is 2. The van der Waals surface area contributed by atoms with Crippen LogP contribution in [0.3, 0.4) is 0 Å². The number of fused-ring (bicyclic) bond motifs is 8. The van der Waals surface area contributed by atoms with Gasteiger partial charge in [0.05, 0.1) is 22.9 Å². The lowest BCUT2D eigenvalue weighted by atomic mass is 9.79. The first-order valence-electron chi connectivity index (χ1n) is 19.3. The van der Waals surface area contributed by atoms with Crippen molar-refractivity contribution in [3.8, 4) is 44.6 Å². The number of benzene rings is 7. The van der Waals surface area contributed by atoms with Crippen LogP contribution in [0.4, 0.5) is 0 Å². The van der Waals surface area contributed by atoms with Gasteiger partial charge in [0.2, 0.25) is 0 Å². The van der Waals surface area contributed by atoms with Gasteiger partial charge in [0.25, 0.3) is 0 Å². The molecular formula is C52H40N2. The first kappa shape index (κ1) is 31.4. The second-order valence-electron chi connectivity index (χ2n) is 16.4. The Hall–Kier alpha value is -6.12. The van der Waals surface area contributed by atoms with Crippen LogP contribution in [0.1, 0.15) is 62.8 Å². The van der Waals surface area contributed by atoms with Crippen molar-refractivity contribution in [2.45, 2.75) is 51.4 Å². The molecule has 0 amide bonds. The highest BCUT2D eigenvalue weighted by Gasteiger charge is 2.38. The van der Waals surface area contributed by atoms with Crippen molar-refractivity contribution >= 4 is 38.2 Å². The number of allylic oxidation sites excluding steroid dienone is 4. The van der Waals surface area contributed by atoms with Crippen LogP contribution >= 0.6 is 0 Å². The normalized spacial score (nSPS) is 16.1. The first-order chi connectivity index (χ1) is 26.3. The molecule has 11 rings (SSSR count). The fourth-order valence-corrected chi connectivity index (χ4v) is 10.1. The van der Waals surface area contributed by atoms with Crippen molar-refractivity contribution in [1.29, 1.82) is 0 Å². The second kappa shape index (κ2) is 11.2. The zero-order valence-electron chi connectivity index (χ0n) is 31.2. The van der Waals surface area contributed by atoms with Crippen LogP contribution in [0.2, 0.25) is 0 Å². The molecular weight excluding hydrogens is 653 g/mol. The van der Waals surface area contributed by atoms with Gasteiger partial charge in [0.1, 0.15) is 0 Å². The van der Waals surface area contributed by atoms with Crippen LogP contribution in [0.25, 0.3) is 82.8 Å². The Morgan fingerprint density at radius 3 is 2.06 bits per heavy atom. The lowest BCUT2D eigenvalue weighted by Gasteiger charge is -2.24. The van der Waals surface area contributed by atoms with E-state index in [4.69, 9.17) is 9.97 Å². The standard InChI is InChI=1S/C52H40N2/c1-51(2)43-18-10-8-14-35(43)40-28-33(23-26-44(40)51)49-37-15-5-6-16-38(37)50(48-30-53-46-19-11-12-20-47(46)54-48)39-25-22-31(27-41(39)49)32-21-24-36-34-13-7-9-17-42(34)52(3,4)45(36)29-32/h5-6,8-12,14-30H,7,13H2,1-4H3. The van der Waals surface area contributed by atoms with Gasteiger partial charge in [-0.05, 0) is 131 Å². The molecule has 0 aliphatic heterocycles. The van der Waals surface area contributed by atoms with Gasteiger partial charge in [-0.15, -0.1) is 0 Å². The van der Waals surface area contributed by atoms with Crippen LogP contribution in [0.15, 0.2) is 151 Å². The zero-order chi connectivity index (χ0) is 36.3. The van der Waals surface area contributed by atoms with Gasteiger partial charge in [-0.2, -0.15) is 0 Å². The third-order valence-electron chi connectivity index (χ3n) is 12.8. The smallest absolute Gasteiger partial charge is 0.0905 e. The molecule has 0 unspecified atom stereocenters. The van der Waals surface area contributed by atoms with E-state index < -0.39 is 0 Å². The van der Waals surface area contributed by atoms with Crippen LogP contribution in [-0.4, -0.2) is 9.97 Å². The van der Waals surface area contributed by atoms with Crippen LogP contribution < -0.4 is 0 Å². The summed E-state index contributed by atoms with van der Waals surface area (Å²) in [6.07, 6.45) is 8.92. The predicted molar refractivity (Wildman–Crippen MR) is 227 cm³/mol. The molecule has 7 aromatic carbocycles. The SMILES string of the molecule is CC1(C)C2=C(CCC=C2)c2ccc(-c3ccc4c(-c5cnc6ccccc6n5)c5ccccc5c(-c5ccc6c(c5)-c5ccccc5C6(C)C)c4c3)cc21. The van der Waals surface area contributed by atoms with Gasteiger partial charge in [-0.3, -0.25) is 4.98 Å². The van der Waals surface area contributed by atoms with E-state index in [1.54, 1.807) is 0 Å². The minimum Gasteiger partial charge on any atom is -0.252 e. The number of nitrogens with zero attached hydrogens (tertiary/aromatic N) is 2. The molecule has 2 heteroatoms. The van der Waals surface area contributed by atoms with Gasteiger partial charge in [-0.25, -0.2) is 4.98 Å². The average Bonchev–Trinajstić information content (AvgIpc) is 3.58. The molecule has 54 heavy (non-hydrogen) atoms. The van der Waals surface area contributed by atoms with Crippen LogP contribution in [-0.2, 0) is 10.8 Å². The number of para-hydroxylation sites is 2. The van der Waals surface area contributed by atoms with Crippen molar-refractivity contribution < 1.29 is 0 Å². The molecule has 3 aliphatic rings. The number of aromatic nitrogens is 2. The van der Waals surface area contributed by atoms with Crippen molar-refractivity contribution in [1.82, 2.24) is 9.97 Å². The third kappa shape index (κ3) is 4.34. The van der Waals surface area contributed by atoms with Crippen LogP contribution in [0, 0.1) is 0 Å². The van der Waals surface area contributed by atoms with Gasteiger partial charge < -0.3 is 0 Å². The number of rotatable bonds is 3. The lowest BCUT2D eigenvalue weighted by molar-refractivity contribution is 0.651. The summed E-state index contributed by atoms with van der Waals surface area (Å²) >= 11 is 0. The van der Waals surface area contributed by atoms with E-state index >= 15 is 0 Å². The molecule has 0 spiro atoms. The van der Waals surface area contributed by atoms with Crippen molar-refractivity contribution in [3.63, 3.8) is 0 Å². The van der Waals surface area contributed by atoms with E-state index in [9.17, 15) is 0 Å².